The molecule has 2 nitrogen and oxygen atoms in total. The summed E-state index contributed by atoms with van der Waals surface area (Å²) < 4.78 is 36.9. The number of aromatic nitrogens is 1. The first-order valence-electron chi connectivity index (χ1n) is 3.96. The van der Waals surface area contributed by atoms with Gasteiger partial charge in [-0.1, -0.05) is 0 Å². The third-order valence-corrected chi connectivity index (χ3v) is 2.62. The van der Waals surface area contributed by atoms with Crippen molar-refractivity contribution in [2.24, 2.45) is 0 Å². The summed E-state index contributed by atoms with van der Waals surface area (Å²) in [6, 6.07) is 1.73. The maximum Gasteiger partial charge on any atom is 0.401 e. The summed E-state index contributed by atoms with van der Waals surface area (Å²) in [4.78, 5) is 3.97. The van der Waals surface area contributed by atoms with E-state index in [-0.39, 0.29) is 6.54 Å². The summed E-state index contributed by atoms with van der Waals surface area (Å²) in [5.74, 6) is 0. The van der Waals surface area contributed by atoms with Crippen LogP contribution < -0.4 is 5.32 Å². The summed E-state index contributed by atoms with van der Waals surface area (Å²) in [5, 5.41) is 2.27. The van der Waals surface area contributed by atoms with E-state index >= 15 is 0 Å². The molecule has 0 saturated carbocycles. The summed E-state index contributed by atoms with van der Waals surface area (Å²) >= 11 is 6.42. The molecule has 0 bridgehead atoms. The van der Waals surface area contributed by atoms with E-state index in [1.807, 2.05) is 0 Å². The van der Waals surface area contributed by atoms with Crippen LogP contribution in [0.5, 0.6) is 0 Å². The molecule has 1 rings (SSSR count). The zero-order chi connectivity index (χ0) is 11.5. The fourth-order valence-corrected chi connectivity index (χ4v) is 2.02. The third-order valence-electron chi connectivity index (χ3n) is 1.50. The van der Waals surface area contributed by atoms with Crippen LogP contribution in [-0.2, 0) is 6.54 Å². The lowest BCUT2D eigenvalue weighted by Gasteiger charge is -2.08. The monoisotopic (exact) mass is 346 g/mol. The lowest BCUT2D eigenvalue weighted by Crippen LogP contribution is -2.28. The molecule has 0 radical (unpaired) electrons. The number of nitrogens with zero attached hydrogens (tertiary/aromatic N) is 1. The van der Waals surface area contributed by atoms with Crippen LogP contribution >= 0.6 is 31.9 Å². The average Bonchev–Trinajstić information content (AvgIpc) is 2.07. The highest BCUT2D eigenvalue weighted by atomic mass is 79.9. The predicted octanol–water partition coefficient (Wildman–Crippen LogP) is 3.26. The summed E-state index contributed by atoms with van der Waals surface area (Å²) in [6.45, 7) is -0.940. The van der Waals surface area contributed by atoms with Gasteiger partial charge in [0.25, 0.3) is 0 Å². The average molecular weight is 348 g/mol. The van der Waals surface area contributed by atoms with E-state index in [0.29, 0.717) is 10.2 Å². The van der Waals surface area contributed by atoms with Crippen molar-refractivity contribution >= 4 is 31.9 Å². The molecule has 0 aliphatic heterocycles. The van der Waals surface area contributed by atoms with Crippen LogP contribution in [0.4, 0.5) is 13.2 Å². The fraction of sp³-hybridized carbons (Fsp3) is 0.375. The Morgan fingerprint density at radius 1 is 1.33 bits per heavy atom. The second-order valence-electron chi connectivity index (χ2n) is 2.80. The Morgan fingerprint density at radius 2 is 2.00 bits per heavy atom. The van der Waals surface area contributed by atoms with Crippen molar-refractivity contribution in [3.05, 3.63) is 26.9 Å². The third kappa shape index (κ3) is 4.94. The molecular formula is C8H7Br2F3N2. The van der Waals surface area contributed by atoms with E-state index in [1.54, 1.807) is 6.07 Å². The normalized spacial score (nSPS) is 11.8. The summed E-state index contributed by atoms with van der Waals surface area (Å²) in [6.07, 6.45) is -2.66. The molecule has 15 heavy (non-hydrogen) atoms. The van der Waals surface area contributed by atoms with Gasteiger partial charge in [-0.3, -0.25) is 4.98 Å². The fourth-order valence-electron chi connectivity index (χ4n) is 0.896. The second kappa shape index (κ2) is 5.27. The van der Waals surface area contributed by atoms with Crippen LogP contribution in [0.15, 0.2) is 21.2 Å². The van der Waals surface area contributed by atoms with E-state index in [2.05, 4.69) is 42.2 Å². The molecule has 1 heterocycles. The minimum absolute atomic E-state index is 0.0768. The van der Waals surface area contributed by atoms with Gasteiger partial charge in [-0.15, -0.1) is 0 Å². The van der Waals surface area contributed by atoms with Gasteiger partial charge in [0, 0.05) is 21.7 Å². The van der Waals surface area contributed by atoms with Gasteiger partial charge in [-0.2, -0.15) is 13.2 Å². The van der Waals surface area contributed by atoms with Gasteiger partial charge in [-0.25, -0.2) is 0 Å². The van der Waals surface area contributed by atoms with Gasteiger partial charge in [0.05, 0.1) is 12.2 Å². The molecule has 0 atom stereocenters. The van der Waals surface area contributed by atoms with Crippen LogP contribution in [0, 0.1) is 0 Å². The van der Waals surface area contributed by atoms with Crippen molar-refractivity contribution in [2.75, 3.05) is 6.54 Å². The molecule has 0 fully saturated rings. The maximum absolute atomic E-state index is 11.8. The van der Waals surface area contributed by atoms with Crippen LogP contribution in [0.25, 0.3) is 0 Å². The van der Waals surface area contributed by atoms with Crippen molar-refractivity contribution in [3.63, 3.8) is 0 Å². The molecule has 1 aromatic heterocycles. The van der Waals surface area contributed by atoms with Gasteiger partial charge in [0.2, 0.25) is 0 Å². The maximum atomic E-state index is 11.8. The quantitative estimate of drug-likeness (QED) is 0.907. The standard InChI is InChI=1S/C8H7Br2F3N2/c9-5-1-6(10)7(15-2-5)3-14-4-8(11,12)13/h1-2,14H,3-4H2. The van der Waals surface area contributed by atoms with Gasteiger partial charge < -0.3 is 5.32 Å². The molecule has 0 saturated heterocycles. The number of halogens is 5. The molecular weight excluding hydrogens is 341 g/mol. The Bertz CT molecular complexity index is 341. The highest BCUT2D eigenvalue weighted by Crippen LogP contribution is 2.19. The van der Waals surface area contributed by atoms with E-state index in [0.717, 1.165) is 4.47 Å². The SMILES string of the molecule is FC(F)(F)CNCc1ncc(Br)cc1Br. The Kier molecular flexibility index (Phi) is 4.54. The molecule has 7 heteroatoms. The van der Waals surface area contributed by atoms with Crippen LogP contribution in [-0.4, -0.2) is 17.7 Å². The minimum atomic E-state index is -4.19. The molecule has 1 aromatic rings. The topological polar surface area (TPSA) is 24.9 Å². The van der Waals surface area contributed by atoms with E-state index in [9.17, 15) is 13.2 Å². The first-order valence-corrected chi connectivity index (χ1v) is 5.54. The number of alkyl halides is 3. The lowest BCUT2D eigenvalue weighted by molar-refractivity contribution is -0.125. The van der Waals surface area contributed by atoms with Crippen molar-refractivity contribution < 1.29 is 13.2 Å². The van der Waals surface area contributed by atoms with Crippen LogP contribution in [0.3, 0.4) is 0 Å². The Hall–Kier alpha value is -0.140. The number of pyridine rings is 1. The number of nitrogens with one attached hydrogen (secondary N) is 1. The summed E-state index contributed by atoms with van der Waals surface area (Å²) in [5.41, 5.74) is 0.544. The predicted molar refractivity (Wildman–Crippen MR) is 57.4 cm³/mol. The van der Waals surface area contributed by atoms with Crippen LogP contribution in [0.2, 0.25) is 0 Å². The van der Waals surface area contributed by atoms with Gasteiger partial charge in [0.1, 0.15) is 0 Å². The first kappa shape index (κ1) is 12.9. The number of rotatable bonds is 3. The van der Waals surface area contributed by atoms with Crippen molar-refractivity contribution in [2.45, 2.75) is 12.7 Å². The lowest BCUT2D eigenvalue weighted by atomic mass is 10.3. The van der Waals surface area contributed by atoms with Gasteiger partial charge in [-0.05, 0) is 37.9 Å². The molecule has 0 spiro atoms. The van der Waals surface area contributed by atoms with Gasteiger partial charge in [0.15, 0.2) is 0 Å². The smallest absolute Gasteiger partial charge is 0.303 e. The second-order valence-corrected chi connectivity index (χ2v) is 4.57. The zero-order valence-electron chi connectivity index (χ0n) is 7.41. The highest BCUT2D eigenvalue weighted by Gasteiger charge is 2.26. The molecule has 0 unspecified atom stereocenters. The molecule has 0 aromatic carbocycles. The minimum Gasteiger partial charge on any atom is -0.303 e. The Balaban J connectivity index is 2.51. The van der Waals surface area contributed by atoms with E-state index in [4.69, 9.17) is 0 Å². The van der Waals surface area contributed by atoms with Gasteiger partial charge >= 0.3 is 6.18 Å². The molecule has 0 aliphatic rings. The van der Waals surface area contributed by atoms with E-state index < -0.39 is 12.7 Å². The van der Waals surface area contributed by atoms with Crippen molar-refractivity contribution in [1.29, 1.82) is 0 Å². The van der Waals surface area contributed by atoms with E-state index in [1.165, 1.54) is 6.20 Å². The van der Waals surface area contributed by atoms with Crippen molar-refractivity contribution in [1.82, 2.24) is 10.3 Å². The Morgan fingerprint density at radius 3 is 2.53 bits per heavy atom. The molecule has 0 amide bonds. The summed E-state index contributed by atoms with van der Waals surface area (Å²) in [7, 11) is 0. The highest BCUT2D eigenvalue weighted by molar-refractivity contribution is 9.11. The molecule has 0 aliphatic carbocycles. The largest absolute Gasteiger partial charge is 0.401 e. The van der Waals surface area contributed by atoms with Crippen molar-refractivity contribution in [3.8, 4) is 0 Å². The first-order chi connectivity index (χ1) is 6.88. The number of hydrogen-bond donors (Lipinski definition) is 1. The Labute approximate surface area is 102 Å². The number of hydrogen-bond acceptors (Lipinski definition) is 2. The zero-order valence-corrected chi connectivity index (χ0v) is 10.6. The molecule has 84 valence electrons. The molecule has 1 N–H and O–H groups in total. The van der Waals surface area contributed by atoms with Crippen LogP contribution in [0.1, 0.15) is 5.69 Å².